The third-order valence-corrected chi connectivity index (χ3v) is 7.48. The molecule has 1 atom stereocenters. The number of likely N-dealkylation sites (tertiary alicyclic amines) is 1. The van der Waals surface area contributed by atoms with Gasteiger partial charge in [-0.05, 0) is 47.1 Å². The van der Waals surface area contributed by atoms with E-state index >= 15 is 0 Å². The zero-order chi connectivity index (χ0) is 21.3. The zero-order valence-corrected chi connectivity index (χ0v) is 22.3. The van der Waals surface area contributed by atoms with Crippen LogP contribution >= 0.6 is 24.0 Å². The molecule has 2 aliphatic heterocycles. The number of piperidine rings is 1. The van der Waals surface area contributed by atoms with Gasteiger partial charge >= 0.3 is 0 Å². The molecule has 10 heteroatoms. The monoisotopic (exact) mass is 559 g/mol. The van der Waals surface area contributed by atoms with Crippen molar-refractivity contribution >= 4 is 40.0 Å². The molecule has 0 spiro atoms. The van der Waals surface area contributed by atoms with Crippen LogP contribution in [0.15, 0.2) is 4.99 Å². The Bertz CT molecular complexity index is 610. The van der Waals surface area contributed by atoms with Crippen LogP contribution in [0.2, 0.25) is 0 Å². The Labute approximate surface area is 200 Å². The largest absolute Gasteiger partial charge is 0.378 e. The van der Waals surface area contributed by atoms with Crippen LogP contribution in [-0.4, -0.2) is 105 Å². The van der Waals surface area contributed by atoms with E-state index < -0.39 is 10.0 Å². The van der Waals surface area contributed by atoms with Crippen molar-refractivity contribution in [2.75, 3.05) is 64.7 Å². The fraction of sp³-hybridized carbons (Fsp3) is 0.950. The molecule has 2 saturated heterocycles. The zero-order valence-electron chi connectivity index (χ0n) is 19.2. The summed E-state index contributed by atoms with van der Waals surface area (Å²) in [5, 5.41) is 3.37. The summed E-state index contributed by atoms with van der Waals surface area (Å²) in [6.45, 7) is 14.5. The number of hydrogen-bond donors (Lipinski definition) is 1. The molecule has 0 aromatic heterocycles. The normalized spacial score (nSPS) is 22.2. The summed E-state index contributed by atoms with van der Waals surface area (Å²) in [7, 11) is -3.26. The summed E-state index contributed by atoms with van der Waals surface area (Å²) in [6, 6.07) is 0.648. The summed E-state index contributed by atoms with van der Waals surface area (Å²) >= 11 is 0. The Morgan fingerprint density at radius 2 is 1.87 bits per heavy atom. The first-order valence-corrected chi connectivity index (χ1v) is 12.8. The minimum Gasteiger partial charge on any atom is -0.378 e. The number of ether oxygens (including phenoxy) is 1. The van der Waals surface area contributed by atoms with Crippen LogP contribution in [0, 0.1) is 0 Å². The van der Waals surface area contributed by atoms with E-state index in [0.29, 0.717) is 32.2 Å². The molecular formula is C20H42IN5O3S. The minimum atomic E-state index is -3.26. The molecule has 2 fully saturated rings. The van der Waals surface area contributed by atoms with Gasteiger partial charge in [-0.15, -0.1) is 24.0 Å². The highest BCUT2D eigenvalue weighted by molar-refractivity contribution is 14.0. The molecule has 0 aromatic carbocycles. The SMILES string of the molecule is CCNC(=NCCN1CCCCC1C)N1CCN(S(=O)(=O)CCOC(C)C)CC1.I. The maximum absolute atomic E-state index is 12.5. The van der Waals surface area contributed by atoms with E-state index in [2.05, 4.69) is 29.0 Å². The van der Waals surface area contributed by atoms with E-state index in [1.807, 2.05) is 13.8 Å². The van der Waals surface area contributed by atoms with Crippen molar-refractivity contribution in [2.45, 2.75) is 59.1 Å². The number of aliphatic imine (C=N–C) groups is 1. The van der Waals surface area contributed by atoms with E-state index in [4.69, 9.17) is 9.73 Å². The number of nitrogens with zero attached hydrogens (tertiary/aromatic N) is 4. The standard InChI is InChI=1S/C20H41N5O3S.HI/c1-5-21-20(22-9-11-23-10-7-6-8-19(23)4)24-12-14-25(15-13-24)29(26,27)17-16-28-18(2)3;/h18-19H,5-17H2,1-4H3,(H,21,22);1H. The molecule has 1 unspecified atom stereocenters. The highest BCUT2D eigenvalue weighted by atomic mass is 127. The van der Waals surface area contributed by atoms with Gasteiger partial charge in [-0.3, -0.25) is 9.89 Å². The number of nitrogens with one attached hydrogen (secondary N) is 1. The Hall–Kier alpha value is -0.170. The van der Waals surface area contributed by atoms with Gasteiger partial charge in [0.2, 0.25) is 10.0 Å². The second kappa shape index (κ2) is 14.1. The number of rotatable bonds is 9. The summed E-state index contributed by atoms with van der Waals surface area (Å²) in [4.78, 5) is 9.53. The third kappa shape index (κ3) is 9.13. The summed E-state index contributed by atoms with van der Waals surface area (Å²) in [5.41, 5.74) is 0. The van der Waals surface area contributed by atoms with Gasteiger partial charge in [-0.2, -0.15) is 4.31 Å². The number of piperazine rings is 1. The molecule has 0 bridgehead atoms. The van der Waals surface area contributed by atoms with Crippen molar-refractivity contribution in [3.63, 3.8) is 0 Å². The molecule has 0 radical (unpaired) electrons. The van der Waals surface area contributed by atoms with Crippen LogP contribution in [0.4, 0.5) is 0 Å². The first-order valence-electron chi connectivity index (χ1n) is 11.2. The molecule has 0 saturated carbocycles. The molecule has 30 heavy (non-hydrogen) atoms. The van der Waals surface area contributed by atoms with E-state index in [0.717, 1.165) is 25.6 Å². The third-order valence-electron chi connectivity index (χ3n) is 5.65. The molecule has 8 nitrogen and oxygen atoms in total. The fourth-order valence-corrected chi connectivity index (χ4v) is 5.18. The van der Waals surface area contributed by atoms with Crippen LogP contribution in [-0.2, 0) is 14.8 Å². The maximum Gasteiger partial charge on any atom is 0.216 e. The first kappa shape index (κ1) is 27.9. The van der Waals surface area contributed by atoms with Crippen molar-refractivity contribution in [2.24, 2.45) is 4.99 Å². The van der Waals surface area contributed by atoms with Gasteiger partial charge in [-0.25, -0.2) is 8.42 Å². The average Bonchev–Trinajstić information content (AvgIpc) is 2.68. The van der Waals surface area contributed by atoms with Crippen LogP contribution in [0.5, 0.6) is 0 Å². The molecule has 1 N–H and O–H groups in total. The van der Waals surface area contributed by atoms with Crippen molar-refractivity contribution in [3.05, 3.63) is 0 Å². The van der Waals surface area contributed by atoms with Crippen LogP contribution in [0.1, 0.15) is 47.0 Å². The molecule has 2 aliphatic rings. The number of sulfonamides is 1. The predicted molar refractivity (Wildman–Crippen MR) is 134 cm³/mol. The first-order chi connectivity index (χ1) is 13.8. The second-order valence-corrected chi connectivity index (χ2v) is 10.3. The van der Waals surface area contributed by atoms with Crippen molar-refractivity contribution in [1.29, 1.82) is 0 Å². The van der Waals surface area contributed by atoms with Crippen LogP contribution < -0.4 is 5.32 Å². The van der Waals surface area contributed by atoms with Crippen molar-refractivity contribution in [1.82, 2.24) is 19.4 Å². The summed E-state index contributed by atoms with van der Waals surface area (Å²) in [5.74, 6) is 0.949. The van der Waals surface area contributed by atoms with Gasteiger partial charge in [0.1, 0.15) is 0 Å². The number of hydrogen-bond acceptors (Lipinski definition) is 5. The maximum atomic E-state index is 12.5. The second-order valence-electron chi connectivity index (χ2n) is 8.24. The predicted octanol–water partition coefficient (Wildman–Crippen LogP) is 1.82. The summed E-state index contributed by atoms with van der Waals surface area (Å²) < 4.78 is 32.0. The van der Waals surface area contributed by atoms with Crippen molar-refractivity contribution in [3.8, 4) is 0 Å². The van der Waals surface area contributed by atoms with Gasteiger partial charge in [0, 0.05) is 45.3 Å². The lowest BCUT2D eigenvalue weighted by Gasteiger charge is -2.36. The highest BCUT2D eigenvalue weighted by Gasteiger charge is 2.28. The molecule has 178 valence electrons. The van der Waals surface area contributed by atoms with E-state index in [9.17, 15) is 8.42 Å². The molecule has 0 amide bonds. The Kier molecular flexibility index (Phi) is 13.1. The average molecular weight is 560 g/mol. The van der Waals surface area contributed by atoms with Gasteiger partial charge in [0.25, 0.3) is 0 Å². The molecule has 0 aliphatic carbocycles. The van der Waals surface area contributed by atoms with Crippen LogP contribution in [0.25, 0.3) is 0 Å². The molecule has 2 heterocycles. The molecular weight excluding hydrogens is 517 g/mol. The smallest absolute Gasteiger partial charge is 0.216 e. The Morgan fingerprint density at radius 3 is 2.47 bits per heavy atom. The number of guanidine groups is 1. The fourth-order valence-electron chi connectivity index (χ4n) is 3.90. The Morgan fingerprint density at radius 1 is 1.17 bits per heavy atom. The minimum absolute atomic E-state index is 0. The molecule has 0 aromatic rings. The lowest BCUT2D eigenvalue weighted by Crippen LogP contribution is -2.54. The quantitative estimate of drug-likeness (QED) is 0.264. The Balaban J connectivity index is 0.00000450. The van der Waals surface area contributed by atoms with Gasteiger partial charge in [0.05, 0.1) is 25.0 Å². The van der Waals surface area contributed by atoms with Gasteiger partial charge < -0.3 is 15.0 Å². The molecule has 2 rings (SSSR count). The topological polar surface area (TPSA) is 77.5 Å². The van der Waals surface area contributed by atoms with Gasteiger partial charge in [-0.1, -0.05) is 6.42 Å². The highest BCUT2D eigenvalue weighted by Crippen LogP contribution is 2.15. The lowest BCUT2D eigenvalue weighted by molar-refractivity contribution is 0.0904. The van der Waals surface area contributed by atoms with E-state index in [1.54, 1.807) is 4.31 Å². The van der Waals surface area contributed by atoms with E-state index in [1.165, 1.54) is 25.8 Å². The van der Waals surface area contributed by atoms with E-state index in [-0.39, 0.29) is 42.4 Å². The van der Waals surface area contributed by atoms with Gasteiger partial charge in [0.15, 0.2) is 5.96 Å². The summed E-state index contributed by atoms with van der Waals surface area (Å²) in [6.07, 6.45) is 3.95. The lowest BCUT2D eigenvalue weighted by atomic mass is 10.0. The van der Waals surface area contributed by atoms with Crippen LogP contribution in [0.3, 0.4) is 0 Å². The van der Waals surface area contributed by atoms with Crippen molar-refractivity contribution < 1.29 is 13.2 Å². The number of halogens is 1.